The monoisotopic (exact) mass is 418 g/mol. The maximum Gasteiger partial charge on any atom is 0.235 e. The van der Waals surface area contributed by atoms with Gasteiger partial charge < -0.3 is 10.1 Å². The molecule has 0 aliphatic rings. The molecule has 0 saturated heterocycles. The number of ether oxygens (including phenoxy) is 1. The summed E-state index contributed by atoms with van der Waals surface area (Å²) in [6, 6.07) is 15.5. The van der Waals surface area contributed by atoms with Gasteiger partial charge in [0.25, 0.3) is 0 Å². The van der Waals surface area contributed by atoms with Crippen molar-refractivity contribution in [3.05, 3.63) is 65.2 Å². The number of nitrogens with one attached hydrogen (secondary N) is 1. The smallest absolute Gasteiger partial charge is 0.235 e. The lowest BCUT2D eigenvalue weighted by Crippen LogP contribution is -2.40. The number of para-hydroxylation sites is 1. The highest BCUT2D eigenvalue weighted by Crippen LogP contribution is 2.19. The lowest BCUT2D eigenvalue weighted by molar-refractivity contribution is -0.121. The lowest BCUT2D eigenvalue weighted by Gasteiger charge is -2.19. The molecule has 0 unspecified atom stereocenters. The van der Waals surface area contributed by atoms with E-state index in [9.17, 15) is 13.2 Å². The van der Waals surface area contributed by atoms with Gasteiger partial charge in [-0.05, 0) is 43.9 Å². The summed E-state index contributed by atoms with van der Waals surface area (Å²) in [5.41, 5.74) is 3.05. The number of aryl methyl sites for hydroxylation is 2. The van der Waals surface area contributed by atoms with E-state index in [0.29, 0.717) is 13.2 Å². The van der Waals surface area contributed by atoms with Gasteiger partial charge >= 0.3 is 0 Å². The average molecular weight is 419 g/mol. The minimum absolute atomic E-state index is 0.175. The molecule has 0 spiro atoms. The summed E-state index contributed by atoms with van der Waals surface area (Å²) >= 11 is 0. The van der Waals surface area contributed by atoms with Crippen LogP contribution < -0.4 is 10.1 Å². The molecule has 0 aromatic heterocycles. The van der Waals surface area contributed by atoms with Crippen LogP contribution in [0.2, 0.25) is 0 Å². The summed E-state index contributed by atoms with van der Waals surface area (Å²) < 4.78 is 31.0. The van der Waals surface area contributed by atoms with Crippen molar-refractivity contribution in [2.24, 2.45) is 0 Å². The molecule has 29 heavy (non-hydrogen) atoms. The Morgan fingerprint density at radius 1 is 1.10 bits per heavy atom. The third kappa shape index (κ3) is 7.87. The molecule has 0 fully saturated rings. The molecule has 158 valence electrons. The molecule has 0 radical (unpaired) electrons. The first-order chi connectivity index (χ1) is 13.8. The number of carbonyl (C=O) groups is 1. The van der Waals surface area contributed by atoms with Crippen LogP contribution in [0.25, 0.3) is 0 Å². The highest BCUT2D eigenvalue weighted by Gasteiger charge is 2.20. The minimum atomic E-state index is -3.50. The van der Waals surface area contributed by atoms with E-state index in [1.807, 2.05) is 62.4 Å². The number of sulfonamides is 1. The molecule has 1 N–H and O–H groups in total. The number of hydrogen-bond acceptors (Lipinski definition) is 4. The van der Waals surface area contributed by atoms with E-state index >= 15 is 0 Å². The largest absolute Gasteiger partial charge is 0.494 e. The highest BCUT2D eigenvalue weighted by atomic mass is 32.2. The van der Waals surface area contributed by atoms with Crippen LogP contribution in [0.4, 0.5) is 0 Å². The first-order valence-corrected chi connectivity index (χ1v) is 11.6. The molecule has 0 heterocycles. The molecule has 0 aliphatic heterocycles. The molecule has 0 bridgehead atoms. The summed E-state index contributed by atoms with van der Waals surface area (Å²) in [5, 5.41) is 2.82. The molecule has 0 saturated carbocycles. The fourth-order valence-corrected chi connectivity index (χ4v) is 3.65. The van der Waals surface area contributed by atoms with E-state index in [0.717, 1.165) is 41.5 Å². The third-order valence-electron chi connectivity index (χ3n) is 4.49. The number of carbonyl (C=O) groups excluding carboxylic acids is 1. The Hall–Kier alpha value is -2.38. The van der Waals surface area contributed by atoms with Crippen molar-refractivity contribution in [1.82, 2.24) is 9.62 Å². The Morgan fingerprint density at radius 2 is 1.79 bits per heavy atom. The Bertz CT molecular complexity index is 895. The van der Waals surface area contributed by atoms with Crippen molar-refractivity contribution >= 4 is 15.9 Å². The summed E-state index contributed by atoms with van der Waals surface area (Å²) in [5.74, 6) is 0.559. The van der Waals surface area contributed by atoms with Gasteiger partial charge in [0, 0.05) is 13.1 Å². The van der Waals surface area contributed by atoms with Gasteiger partial charge in [-0.3, -0.25) is 4.79 Å². The van der Waals surface area contributed by atoms with Crippen LogP contribution in [0.5, 0.6) is 5.75 Å². The van der Waals surface area contributed by atoms with E-state index in [1.54, 1.807) is 0 Å². The molecule has 2 aromatic rings. The Balaban J connectivity index is 1.85. The molecule has 0 aliphatic carbocycles. The maximum absolute atomic E-state index is 12.3. The zero-order valence-electron chi connectivity index (χ0n) is 17.3. The van der Waals surface area contributed by atoms with Gasteiger partial charge in [0.2, 0.25) is 15.9 Å². The molecular formula is C22H30N2O4S. The van der Waals surface area contributed by atoms with Crippen LogP contribution >= 0.6 is 0 Å². The quantitative estimate of drug-likeness (QED) is 0.570. The van der Waals surface area contributed by atoms with Crippen molar-refractivity contribution in [3.8, 4) is 5.75 Å². The second-order valence-electron chi connectivity index (χ2n) is 7.01. The van der Waals surface area contributed by atoms with Gasteiger partial charge in [-0.15, -0.1) is 0 Å². The SMILES string of the molecule is CCOc1ccccc1CCCNC(=O)CN(Cc1ccc(C)cc1)S(C)(=O)=O. The summed E-state index contributed by atoms with van der Waals surface area (Å²) in [6.45, 7) is 4.98. The predicted octanol–water partition coefficient (Wildman–Crippen LogP) is 2.90. The Morgan fingerprint density at radius 3 is 2.45 bits per heavy atom. The zero-order chi connectivity index (χ0) is 21.3. The van der Waals surface area contributed by atoms with E-state index in [-0.39, 0.29) is 19.0 Å². The van der Waals surface area contributed by atoms with Gasteiger partial charge in [0.15, 0.2) is 0 Å². The fraction of sp³-hybridized carbons (Fsp3) is 0.409. The van der Waals surface area contributed by atoms with Crippen molar-refractivity contribution in [1.29, 1.82) is 0 Å². The first-order valence-electron chi connectivity index (χ1n) is 9.77. The van der Waals surface area contributed by atoms with Crippen LogP contribution in [0.1, 0.15) is 30.0 Å². The fourth-order valence-electron chi connectivity index (χ4n) is 2.92. The van der Waals surface area contributed by atoms with E-state index in [2.05, 4.69) is 5.32 Å². The van der Waals surface area contributed by atoms with E-state index < -0.39 is 10.0 Å². The second-order valence-corrected chi connectivity index (χ2v) is 8.99. The summed E-state index contributed by atoms with van der Waals surface area (Å²) in [4.78, 5) is 12.3. The number of amides is 1. The molecule has 7 heteroatoms. The van der Waals surface area contributed by atoms with Crippen LogP contribution in [0.15, 0.2) is 48.5 Å². The summed E-state index contributed by atoms with van der Waals surface area (Å²) in [7, 11) is -3.50. The normalized spacial score (nSPS) is 11.4. The van der Waals surface area contributed by atoms with Gasteiger partial charge in [0.05, 0.1) is 19.4 Å². The maximum atomic E-state index is 12.3. The van der Waals surface area contributed by atoms with Gasteiger partial charge in [-0.25, -0.2) is 8.42 Å². The van der Waals surface area contributed by atoms with Crippen LogP contribution in [0, 0.1) is 6.92 Å². The Kier molecular flexibility index (Phi) is 8.67. The van der Waals surface area contributed by atoms with Crippen molar-refractivity contribution in [2.75, 3.05) is 26.0 Å². The number of nitrogens with zero attached hydrogens (tertiary/aromatic N) is 1. The molecule has 1 amide bonds. The van der Waals surface area contributed by atoms with Crippen LogP contribution in [-0.4, -0.2) is 44.6 Å². The lowest BCUT2D eigenvalue weighted by atomic mass is 10.1. The van der Waals surface area contributed by atoms with Crippen LogP contribution in [0.3, 0.4) is 0 Å². The van der Waals surface area contributed by atoms with Gasteiger partial charge in [-0.1, -0.05) is 48.0 Å². The molecule has 2 aromatic carbocycles. The second kappa shape index (κ2) is 11.0. The van der Waals surface area contributed by atoms with Crippen molar-refractivity contribution in [2.45, 2.75) is 33.2 Å². The highest BCUT2D eigenvalue weighted by molar-refractivity contribution is 7.88. The Labute approximate surface area is 173 Å². The zero-order valence-corrected chi connectivity index (χ0v) is 18.2. The van der Waals surface area contributed by atoms with Crippen LogP contribution in [-0.2, 0) is 27.8 Å². The standard InChI is InChI=1S/C22H30N2O4S/c1-4-28-21-10-6-5-8-20(21)9-7-15-23-22(25)17-24(29(3,26)27)16-19-13-11-18(2)12-14-19/h5-6,8,10-14H,4,7,9,15-17H2,1-3H3,(H,23,25). The van der Waals surface area contributed by atoms with Crippen molar-refractivity contribution in [3.63, 3.8) is 0 Å². The number of hydrogen-bond donors (Lipinski definition) is 1. The molecule has 2 rings (SSSR count). The van der Waals surface area contributed by atoms with Gasteiger partial charge in [-0.2, -0.15) is 4.31 Å². The third-order valence-corrected chi connectivity index (χ3v) is 5.68. The minimum Gasteiger partial charge on any atom is -0.494 e. The van der Waals surface area contributed by atoms with Crippen molar-refractivity contribution < 1.29 is 17.9 Å². The first kappa shape index (κ1) is 22.9. The van der Waals surface area contributed by atoms with Gasteiger partial charge in [0.1, 0.15) is 5.75 Å². The molecule has 0 atom stereocenters. The topological polar surface area (TPSA) is 75.7 Å². The molecule has 6 nitrogen and oxygen atoms in total. The van der Waals surface area contributed by atoms with E-state index in [1.165, 1.54) is 4.31 Å². The number of rotatable bonds is 11. The molecular weight excluding hydrogens is 388 g/mol. The number of benzene rings is 2. The predicted molar refractivity (Wildman–Crippen MR) is 115 cm³/mol. The van der Waals surface area contributed by atoms with E-state index in [4.69, 9.17) is 4.74 Å². The summed E-state index contributed by atoms with van der Waals surface area (Å²) in [6.07, 6.45) is 2.64. The average Bonchev–Trinajstić information content (AvgIpc) is 2.67.